The third-order valence-corrected chi connectivity index (χ3v) is 6.67. The summed E-state index contributed by atoms with van der Waals surface area (Å²) < 4.78 is 7.48. The molecule has 0 bridgehead atoms. The van der Waals surface area contributed by atoms with E-state index in [2.05, 4.69) is 28.1 Å². The summed E-state index contributed by atoms with van der Waals surface area (Å²) in [5, 5.41) is 1.30. The third kappa shape index (κ3) is 3.26. The van der Waals surface area contributed by atoms with Crippen molar-refractivity contribution in [1.29, 1.82) is 0 Å². The predicted molar refractivity (Wildman–Crippen MR) is 122 cm³/mol. The maximum atomic E-state index is 12.8. The van der Waals surface area contributed by atoms with Gasteiger partial charge in [-0.1, -0.05) is 36.4 Å². The fourth-order valence-corrected chi connectivity index (χ4v) is 5.17. The summed E-state index contributed by atoms with van der Waals surface area (Å²) in [7, 11) is 0. The summed E-state index contributed by atoms with van der Waals surface area (Å²) in [6.45, 7) is 2.80. The van der Waals surface area contributed by atoms with Crippen LogP contribution in [0.3, 0.4) is 0 Å². The average Bonchev–Trinajstić information content (AvgIpc) is 3.42. The number of fused-ring (bicyclic) bond motifs is 5. The fraction of sp³-hybridized carbons (Fsp3) is 0.269. The van der Waals surface area contributed by atoms with E-state index in [-0.39, 0.29) is 5.56 Å². The van der Waals surface area contributed by atoms with Crippen LogP contribution in [0.1, 0.15) is 35.7 Å². The lowest BCUT2D eigenvalue weighted by Crippen LogP contribution is -2.30. The van der Waals surface area contributed by atoms with Crippen molar-refractivity contribution < 1.29 is 4.74 Å². The highest BCUT2D eigenvalue weighted by molar-refractivity contribution is 5.87. The van der Waals surface area contributed by atoms with E-state index in [1.54, 1.807) is 16.8 Å². The maximum Gasteiger partial charge on any atom is 0.258 e. The molecule has 4 heterocycles. The zero-order valence-electron chi connectivity index (χ0n) is 17.4. The number of nitrogens with one attached hydrogen (secondary N) is 1. The molecular weight excluding hydrogens is 386 g/mol. The summed E-state index contributed by atoms with van der Waals surface area (Å²) in [5.41, 5.74) is 5.81. The Morgan fingerprint density at radius 1 is 1.03 bits per heavy atom. The molecule has 5 nitrogen and oxygen atoms in total. The third-order valence-electron chi connectivity index (χ3n) is 6.67. The van der Waals surface area contributed by atoms with E-state index < -0.39 is 0 Å². The monoisotopic (exact) mass is 411 g/mol. The molecular formula is C26H25N3O2. The van der Waals surface area contributed by atoms with E-state index in [9.17, 15) is 4.79 Å². The molecule has 31 heavy (non-hydrogen) atoms. The number of hydrogen-bond acceptors (Lipinski definition) is 3. The zero-order valence-corrected chi connectivity index (χ0v) is 17.4. The first-order valence-electron chi connectivity index (χ1n) is 11.0. The minimum atomic E-state index is -0.0943. The molecule has 4 aromatic rings. The Balaban J connectivity index is 1.29. The van der Waals surface area contributed by atoms with Gasteiger partial charge in [0.1, 0.15) is 12.4 Å². The maximum absolute atomic E-state index is 12.8. The second kappa shape index (κ2) is 7.43. The molecule has 6 rings (SSSR count). The van der Waals surface area contributed by atoms with Crippen LogP contribution in [0.2, 0.25) is 0 Å². The lowest BCUT2D eigenvalue weighted by Gasteiger charge is -2.29. The molecule has 5 heteroatoms. The van der Waals surface area contributed by atoms with Crippen molar-refractivity contribution in [3.63, 3.8) is 0 Å². The Hall–Kier alpha value is -3.31. The topological polar surface area (TPSA) is 50.3 Å². The van der Waals surface area contributed by atoms with Crippen molar-refractivity contribution in [2.45, 2.75) is 31.9 Å². The van der Waals surface area contributed by atoms with Crippen molar-refractivity contribution in [2.24, 2.45) is 0 Å². The molecule has 1 N–H and O–H groups in total. The Bertz CT molecular complexity index is 1310. The lowest BCUT2D eigenvalue weighted by molar-refractivity contribution is 0.244. The van der Waals surface area contributed by atoms with Gasteiger partial charge in [-0.25, -0.2) is 0 Å². The molecule has 2 aromatic carbocycles. The second-order valence-electron chi connectivity index (χ2n) is 8.54. The van der Waals surface area contributed by atoms with Crippen LogP contribution >= 0.6 is 0 Å². The number of pyridine rings is 1. The Morgan fingerprint density at radius 3 is 2.81 bits per heavy atom. The van der Waals surface area contributed by atoms with Gasteiger partial charge in [0.2, 0.25) is 0 Å². The van der Waals surface area contributed by atoms with Gasteiger partial charge in [-0.15, -0.1) is 0 Å². The first kappa shape index (κ1) is 18.5. The molecule has 0 saturated carbocycles. The minimum Gasteiger partial charge on any atom is -0.489 e. The molecule has 2 aliphatic rings. The van der Waals surface area contributed by atoms with Crippen LogP contribution in [-0.4, -0.2) is 27.5 Å². The van der Waals surface area contributed by atoms with Gasteiger partial charge in [0.05, 0.1) is 5.69 Å². The molecule has 1 fully saturated rings. The van der Waals surface area contributed by atoms with Crippen molar-refractivity contribution in [3.05, 3.63) is 94.0 Å². The van der Waals surface area contributed by atoms with Gasteiger partial charge in [0, 0.05) is 47.9 Å². The lowest BCUT2D eigenvalue weighted by atomic mass is 9.96. The normalized spacial score (nSPS) is 18.1. The number of benzene rings is 2. The number of aromatic amines is 1. The number of ether oxygens (including phenoxy) is 1. The largest absolute Gasteiger partial charge is 0.489 e. The number of rotatable bonds is 4. The summed E-state index contributed by atoms with van der Waals surface area (Å²) in [4.78, 5) is 19.1. The van der Waals surface area contributed by atoms with Gasteiger partial charge < -0.3 is 9.72 Å². The molecule has 0 aliphatic carbocycles. The standard InChI is InChI=1S/C26H25N3O2/c30-25-16-20(31-17-18-5-2-1-3-6-18)10-14-29(25)19-8-9-21-23(15-19)27-22-11-13-28-12-4-7-24(28)26(21)22/h1-3,5-6,8-10,14-16,24,27H,4,7,11-13,17H2. The number of H-pyrrole nitrogens is 1. The molecule has 2 aromatic heterocycles. The molecule has 1 atom stereocenters. The van der Waals surface area contributed by atoms with Gasteiger partial charge in [-0.05, 0) is 48.7 Å². The Labute approximate surface area is 180 Å². The van der Waals surface area contributed by atoms with Crippen molar-refractivity contribution in [2.75, 3.05) is 13.1 Å². The SMILES string of the molecule is O=c1cc(OCc2ccccc2)ccn1-c1ccc2c3c([nH]c2c1)CCN1CCCC31. The van der Waals surface area contributed by atoms with Gasteiger partial charge in [-0.2, -0.15) is 0 Å². The van der Waals surface area contributed by atoms with Gasteiger partial charge in [0.15, 0.2) is 0 Å². The highest BCUT2D eigenvalue weighted by Gasteiger charge is 2.33. The van der Waals surface area contributed by atoms with E-state index in [0.717, 1.165) is 29.7 Å². The number of hydrogen-bond donors (Lipinski definition) is 1. The van der Waals surface area contributed by atoms with Crippen molar-refractivity contribution in [1.82, 2.24) is 14.5 Å². The van der Waals surface area contributed by atoms with E-state index >= 15 is 0 Å². The minimum absolute atomic E-state index is 0.0943. The van der Waals surface area contributed by atoms with E-state index in [4.69, 9.17) is 4.74 Å². The molecule has 2 aliphatic heterocycles. The van der Waals surface area contributed by atoms with Crippen LogP contribution in [0.5, 0.6) is 5.75 Å². The Morgan fingerprint density at radius 2 is 1.94 bits per heavy atom. The van der Waals surface area contributed by atoms with Gasteiger partial charge in [0.25, 0.3) is 5.56 Å². The predicted octanol–water partition coefficient (Wildman–Crippen LogP) is 4.59. The van der Waals surface area contributed by atoms with Crippen molar-refractivity contribution >= 4 is 10.9 Å². The van der Waals surface area contributed by atoms with Crippen LogP contribution in [-0.2, 0) is 13.0 Å². The summed E-state index contributed by atoms with van der Waals surface area (Å²) in [5.74, 6) is 0.586. The van der Waals surface area contributed by atoms with Crippen LogP contribution in [0.4, 0.5) is 0 Å². The summed E-state index contributed by atoms with van der Waals surface area (Å²) in [6, 6.07) is 20.2. The second-order valence-corrected chi connectivity index (χ2v) is 8.54. The quantitative estimate of drug-likeness (QED) is 0.534. The first-order valence-corrected chi connectivity index (χ1v) is 11.0. The zero-order chi connectivity index (χ0) is 20.8. The first-order chi connectivity index (χ1) is 15.3. The number of aromatic nitrogens is 2. The van der Waals surface area contributed by atoms with E-state index in [1.165, 1.54) is 36.0 Å². The van der Waals surface area contributed by atoms with E-state index in [0.29, 0.717) is 18.4 Å². The fourth-order valence-electron chi connectivity index (χ4n) is 5.17. The molecule has 156 valence electrons. The molecule has 1 saturated heterocycles. The van der Waals surface area contributed by atoms with Gasteiger partial charge in [-0.3, -0.25) is 14.3 Å². The van der Waals surface area contributed by atoms with Crippen molar-refractivity contribution in [3.8, 4) is 11.4 Å². The molecule has 0 spiro atoms. The Kier molecular flexibility index (Phi) is 4.42. The molecule has 0 radical (unpaired) electrons. The molecule has 1 unspecified atom stereocenters. The van der Waals surface area contributed by atoms with Crippen LogP contribution in [0.15, 0.2) is 71.7 Å². The number of nitrogens with zero attached hydrogens (tertiary/aromatic N) is 2. The van der Waals surface area contributed by atoms with Crippen LogP contribution in [0.25, 0.3) is 16.6 Å². The summed E-state index contributed by atoms with van der Waals surface area (Å²) >= 11 is 0. The van der Waals surface area contributed by atoms with Crippen LogP contribution in [0, 0.1) is 0 Å². The van der Waals surface area contributed by atoms with Crippen LogP contribution < -0.4 is 10.3 Å². The van der Waals surface area contributed by atoms with E-state index in [1.807, 2.05) is 36.4 Å². The van der Waals surface area contributed by atoms with Gasteiger partial charge >= 0.3 is 0 Å². The smallest absolute Gasteiger partial charge is 0.258 e. The highest BCUT2D eigenvalue weighted by atomic mass is 16.5. The highest BCUT2D eigenvalue weighted by Crippen LogP contribution is 2.41. The average molecular weight is 412 g/mol. The summed E-state index contributed by atoms with van der Waals surface area (Å²) in [6.07, 6.45) is 5.39. The molecule has 0 amide bonds.